The van der Waals surface area contributed by atoms with E-state index in [2.05, 4.69) is 10.3 Å². The predicted molar refractivity (Wildman–Crippen MR) is 88.2 cm³/mol. The highest BCUT2D eigenvalue weighted by molar-refractivity contribution is 7.98. The molecule has 0 saturated heterocycles. The lowest BCUT2D eigenvalue weighted by Crippen LogP contribution is -2.34. The van der Waals surface area contributed by atoms with Crippen molar-refractivity contribution in [1.82, 2.24) is 9.55 Å². The number of nitrogens with zero attached hydrogens (tertiary/aromatic N) is 1. The second-order valence-electron chi connectivity index (χ2n) is 4.51. The fourth-order valence-corrected chi connectivity index (χ4v) is 2.27. The van der Waals surface area contributed by atoms with Gasteiger partial charge in [0.2, 0.25) is 0 Å². The fraction of sp³-hybridized carbons (Fsp3) is 0.286. The number of nitrogen functional groups attached to an aromatic ring is 1. The van der Waals surface area contributed by atoms with Crippen LogP contribution in [-0.2, 0) is 6.54 Å². The van der Waals surface area contributed by atoms with Crippen molar-refractivity contribution >= 4 is 23.3 Å². The summed E-state index contributed by atoms with van der Waals surface area (Å²) in [5.41, 5.74) is 6.19. The Morgan fingerprint density at radius 1 is 1.29 bits per heavy atom. The van der Waals surface area contributed by atoms with Crippen molar-refractivity contribution in [2.45, 2.75) is 6.54 Å². The van der Waals surface area contributed by atoms with Gasteiger partial charge in [0.1, 0.15) is 11.5 Å². The number of hydrogen-bond acceptors (Lipinski definition) is 5. The zero-order chi connectivity index (χ0) is 15.2. The molecule has 1 heterocycles. The molecule has 0 aliphatic heterocycles. The Kier molecular flexibility index (Phi) is 5.10. The topological polar surface area (TPSA) is 92.9 Å². The van der Waals surface area contributed by atoms with E-state index >= 15 is 0 Å². The van der Waals surface area contributed by atoms with E-state index in [9.17, 15) is 9.59 Å². The highest BCUT2D eigenvalue weighted by atomic mass is 32.2. The van der Waals surface area contributed by atoms with Crippen molar-refractivity contribution in [1.29, 1.82) is 0 Å². The number of aromatic nitrogens is 2. The van der Waals surface area contributed by atoms with E-state index in [0.29, 0.717) is 13.1 Å². The first-order valence-corrected chi connectivity index (χ1v) is 7.92. The van der Waals surface area contributed by atoms with Crippen LogP contribution in [0.3, 0.4) is 0 Å². The molecule has 6 nitrogen and oxygen atoms in total. The quantitative estimate of drug-likeness (QED) is 0.691. The van der Waals surface area contributed by atoms with Crippen molar-refractivity contribution in [2.24, 2.45) is 0 Å². The summed E-state index contributed by atoms with van der Waals surface area (Å²) in [6.07, 6.45) is 1.98. The molecule has 21 heavy (non-hydrogen) atoms. The van der Waals surface area contributed by atoms with Gasteiger partial charge in [-0.05, 0) is 11.8 Å². The van der Waals surface area contributed by atoms with Crippen LogP contribution in [0.5, 0.6) is 0 Å². The molecule has 0 atom stereocenters. The summed E-state index contributed by atoms with van der Waals surface area (Å²) in [6, 6.07) is 9.48. The van der Waals surface area contributed by atoms with Gasteiger partial charge in [-0.15, -0.1) is 0 Å². The number of rotatable bonds is 6. The second kappa shape index (κ2) is 7.03. The number of H-pyrrole nitrogens is 1. The minimum absolute atomic E-state index is 0.161. The van der Waals surface area contributed by atoms with E-state index in [1.54, 1.807) is 11.8 Å². The van der Waals surface area contributed by atoms with Gasteiger partial charge in [0.25, 0.3) is 5.56 Å². The standard InChI is InChI=1S/C14H18N4O2S/c1-21-8-7-16-11-12(15)18(14(20)17-13(11)19)9-10-5-3-2-4-6-10/h2-6,16H,7-9,15H2,1H3,(H,17,19,20). The van der Waals surface area contributed by atoms with Crippen LogP contribution >= 0.6 is 11.8 Å². The lowest BCUT2D eigenvalue weighted by molar-refractivity contribution is 0.734. The van der Waals surface area contributed by atoms with E-state index in [1.165, 1.54) is 4.57 Å². The van der Waals surface area contributed by atoms with E-state index in [4.69, 9.17) is 5.73 Å². The molecule has 2 aromatic rings. The molecule has 1 aromatic heterocycles. The maximum absolute atomic E-state index is 11.9. The first kappa shape index (κ1) is 15.2. The van der Waals surface area contributed by atoms with Crippen LogP contribution in [-0.4, -0.2) is 28.1 Å². The molecule has 0 spiro atoms. The Balaban J connectivity index is 2.35. The number of nitrogens with one attached hydrogen (secondary N) is 2. The number of hydrogen-bond donors (Lipinski definition) is 3. The minimum atomic E-state index is -0.503. The molecule has 0 aliphatic carbocycles. The van der Waals surface area contributed by atoms with Crippen LogP contribution in [0, 0.1) is 0 Å². The van der Waals surface area contributed by atoms with Gasteiger partial charge in [-0.3, -0.25) is 14.3 Å². The van der Waals surface area contributed by atoms with Crippen LogP contribution in [0.4, 0.5) is 11.5 Å². The Hall–Kier alpha value is -2.15. The predicted octanol–water partition coefficient (Wildman–Crippen LogP) is 0.942. The molecule has 2 rings (SSSR count). The summed E-state index contributed by atoms with van der Waals surface area (Å²) in [4.78, 5) is 26.1. The Morgan fingerprint density at radius 3 is 2.67 bits per heavy atom. The molecule has 0 saturated carbocycles. The van der Waals surface area contributed by atoms with Crippen molar-refractivity contribution in [2.75, 3.05) is 29.6 Å². The maximum atomic E-state index is 11.9. The molecule has 0 amide bonds. The molecule has 4 N–H and O–H groups in total. The third kappa shape index (κ3) is 3.69. The summed E-state index contributed by atoms with van der Waals surface area (Å²) in [6.45, 7) is 0.928. The molecule has 7 heteroatoms. The van der Waals surface area contributed by atoms with Gasteiger partial charge in [-0.25, -0.2) is 4.79 Å². The Bertz CT molecular complexity index is 709. The Labute approximate surface area is 126 Å². The molecule has 0 radical (unpaired) electrons. The summed E-state index contributed by atoms with van der Waals surface area (Å²) in [5, 5.41) is 2.99. The van der Waals surface area contributed by atoms with E-state index in [0.717, 1.165) is 11.3 Å². The van der Waals surface area contributed by atoms with Crippen LogP contribution in [0.25, 0.3) is 0 Å². The molecular weight excluding hydrogens is 288 g/mol. The summed E-state index contributed by atoms with van der Waals surface area (Å²) in [7, 11) is 0. The van der Waals surface area contributed by atoms with Gasteiger partial charge >= 0.3 is 5.69 Å². The lowest BCUT2D eigenvalue weighted by atomic mass is 10.2. The average molecular weight is 306 g/mol. The summed E-state index contributed by atoms with van der Waals surface area (Å²) in [5.74, 6) is 1.00. The average Bonchev–Trinajstić information content (AvgIpc) is 2.48. The largest absolute Gasteiger partial charge is 0.383 e. The van der Waals surface area contributed by atoms with Gasteiger partial charge in [-0.2, -0.15) is 11.8 Å². The van der Waals surface area contributed by atoms with Gasteiger partial charge in [0.15, 0.2) is 0 Å². The summed E-state index contributed by atoms with van der Waals surface area (Å²) >= 11 is 1.66. The molecule has 1 aromatic carbocycles. The first-order chi connectivity index (χ1) is 10.1. The Morgan fingerprint density at radius 2 is 2.00 bits per heavy atom. The zero-order valence-electron chi connectivity index (χ0n) is 11.8. The monoisotopic (exact) mass is 306 g/mol. The molecule has 0 bridgehead atoms. The molecule has 0 aliphatic rings. The van der Waals surface area contributed by atoms with Crippen LogP contribution < -0.4 is 22.3 Å². The fourth-order valence-electron chi connectivity index (χ4n) is 1.96. The van der Waals surface area contributed by atoms with Gasteiger partial charge < -0.3 is 11.1 Å². The van der Waals surface area contributed by atoms with Crippen LogP contribution in [0.15, 0.2) is 39.9 Å². The number of benzene rings is 1. The van der Waals surface area contributed by atoms with Gasteiger partial charge in [0, 0.05) is 12.3 Å². The van der Waals surface area contributed by atoms with Crippen molar-refractivity contribution in [3.05, 3.63) is 56.7 Å². The van der Waals surface area contributed by atoms with E-state index in [1.807, 2.05) is 36.6 Å². The number of anilines is 2. The van der Waals surface area contributed by atoms with Gasteiger partial charge in [-0.1, -0.05) is 30.3 Å². The van der Waals surface area contributed by atoms with Crippen LogP contribution in [0.2, 0.25) is 0 Å². The van der Waals surface area contributed by atoms with E-state index in [-0.39, 0.29) is 11.5 Å². The van der Waals surface area contributed by atoms with E-state index < -0.39 is 11.2 Å². The third-order valence-electron chi connectivity index (χ3n) is 3.03. The highest BCUT2D eigenvalue weighted by Crippen LogP contribution is 2.12. The maximum Gasteiger partial charge on any atom is 0.330 e. The smallest absolute Gasteiger partial charge is 0.330 e. The van der Waals surface area contributed by atoms with Crippen molar-refractivity contribution < 1.29 is 0 Å². The summed E-state index contributed by atoms with van der Waals surface area (Å²) < 4.78 is 1.36. The normalized spacial score (nSPS) is 10.5. The number of aromatic amines is 1. The molecule has 0 fully saturated rings. The third-order valence-corrected chi connectivity index (χ3v) is 3.64. The highest BCUT2D eigenvalue weighted by Gasteiger charge is 2.12. The van der Waals surface area contributed by atoms with Crippen molar-refractivity contribution in [3.8, 4) is 0 Å². The van der Waals surface area contributed by atoms with Crippen LogP contribution in [0.1, 0.15) is 5.56 Å². The van der Waals surface area contributed by atoms with Gasteiger partial charge in [0.05, 0.1) is 6.54 Å². The number of nitrogens with two attached hydrogens (primary N) is 1. The SMILES string of the molecule is CSCCNc1c(N)n(Cc2ccccc2)c(=O)[nH]c1=O. The second-order valence-corrected chi connectivity index (χ2v) is 5.50. The molecular formula is C14H18N4O2S. The lowest BCUT2D eigenvalue weighted by Gasteiger charge is -2.13. The first-order valence-electron chi connectivity index (χ1n) is 6.53. The molecule has 0 unspecified atom stereocenters. The minimum Gasteiger partial charge on any atom is -0.383 e. The van der Waals surface area contributed by atoms with Crippen molar-refractivity contribution in [3.63, 3.8) is 0 Å². The number of thioether (sulfide) groups is 1. The zero-order valence-corrected chi connectivity index (χ0v) is 12.6. The molecule has 112 valence electrons.